The van der Waals surface area contributed by atoms with Crippen molar-refractivity contribution < 1.29 is 29.3 Å². The molecule has 3 N–H and O–H groups in total. The molecule has 7 heteroatoms. The first-order chi connectivity index (χ1) is 13.3. The van der Waals surface area contributed by atoms with Gasteiger partial charge in [0.15, 0.2) is 16.5 Å². The van der Waals surface area contributed by atoms with Gasteiger partial charge in [0.05, 0.1) is 6.10 Å². The van der Waals surface area contributed by atoms with E-state index >= 15 is 4.39 Å². The zero-order valence-electron chi connectivity index (χ0n) is 16.9. The summed E-state index contributed by atoms with van der Waals surface area (Å²) in [6, 6.07) is 0. The summed E-state index contributed by atoms with van der Waals surface area (Å²) in [5, 5.41) is 31.0. The van der Waals surface area contributed by atoms with E-state index in [4.69, 9.17) is 0 Å². The Kier molecular flexibility index (Phi) is 4.65. The van der Waals surface area contributed by atoms with E-state index in [1.807, 2.05) is 0 Å². The van der Waals surface area contributed by atoms with E-state index in [0.717, 1.165) is 0 Å². The van der Waals surface area contributed by atoms with E-state index in [2.05, 4.69) is 15.9 Å². The molecule has 0 aliphatic heterocycles. The number of alkyl halides is 2. The quantitative estimate of drug-likeness (QED) is 0.539. The lowest BCUT2D eigenvalue weighted by Gasteiger charge is -2.62. The zero-order chi connectivity index (χ0) is 21.6. The average molecular weight is 471 g/mol. The lowest BCUT2D eigenvalue weighted by atomic mass is 9.44. The molecule has 0 aromatic carbocycles. The number of Topliss-reactive ketones (excluding diaryl/α,β-unsaturated/α-hetero) is 1. The number of carbonyl (C=O) groups is 2. The molecule has 4 aliphatic rings. The van der Waals surface area contributed by atoms with Crippen molar-refractivity contribution in [2.45, 2.75) is 68.8 Å². The Morgan fingerprint density at radius 3 is 2.62 bits per heavy atom. The van der Waals surface area contributed by atoms with E-state index in [9.17, 15) is 24.9 Å². The molecule has 4 aliphatic carbocycles. The van der Waals surface area contributed by atoms with Crippen LogP contribution in [0, 0.1) is 28.6 Å². The highest BCUT2D eigenvalue weighted by atomic mass is 79.9. The first-order valence-electron chi connectivity index (χ1n) is 10.2. The van der Waals surface area contributed by atoms with Gasteiger partial charge >= 0.3 is 0 Å². The molecule has 0 amide bonds. The van der Waals surface area contributed by atoms with Crippen molar-refractivity contribution in [1.82, 2.24) is 0 Å². The molecule has 5 nitrogen and oxygen atoms in total. The Balaban J connectivity index is 1.83. The lowest BCUT2D eigenvalue weighted by Crippen LogP contribution is -2.69. The second-order valence-corrected chi connectivity index (χ2v) is 10.7. The number of carbonyl (C=O) groups excluding carboxylic acids is 2. The molecule has 0 aromatic heterocycles. The number of rotatable bonds is 2. The minimum Gasteiger partial charge on any atom is -0.390 e. The fourth-order valence-corrected chi connectivity index (χ4v) is 7.60. The first kappa shape index (κ1) is 21.3. The molecule has 9 atom stereocenters. The number of halogens is 2. The molecule has 3 fully saturated rings. The molecule has 4 rings (SSSR count). The summed E-state index contributed by atoms with van der Waals surface area (Å²) in [5.41, 5.74) is -5.34. The first-order valence-corrected chi connectivity index (χ1v) is 11.2. The zero-order valence-corrected chi connectivity index (χ0v) is 18.4. The van der Waals surface area contributed by atoms with Crippen molar-refractivity contribution in [3.05, 3.63) is 23.8 Å². The van der Waals surface area contributed by atoms with Crippen molar-refractivity contribution in [2.75, 3.05) is 0 Å². The predicted molar refractivity (Wildman–Crippen MR) is 108 cm³/mol. The number of fused-ring (bicyclic) bond motifs is 5. The fourth-order valence-electron chi connectivity index (χ4n) is 7.25. The number of aliphatic hydroxyl groups is 3. The monoisotopic (exact) mass is 470 g/mol. The normalized spacial score (nSPS) is 52.3. The van der Waals surface area contributed by atoms with Crippen LogP contribution < -0.4 is 0 Å². The second kappa shape index (κ2) is 6.31. The highest BCUT2D eigenvalue weighted by Gasteiger charge is 2.75. The van der Waals surface area contributed by atoms with Gasteiger partial charge < -0.3 is 15.3 Å². The van der Waals surface area contributed by atoms with Gasteiger partial charge in [0.1, 0.15) is 5.60 Å². The highest BCUT2D eigenvalue weighted by Crippen LogP contribution is 2.70. The summed E-state index contributed by atoms with van der Waals surface area (Å²) in [6.07, 6.45) is 4.32. The van der Waals surface area contributed by atoms with Crippen molar-refractivity contribution >= 4 is 27.5 Å². The lowest BCUT2D eigenvalue weighted by molar-refractivity contribution is -0.219. The molecule has 0 bridgehead atoms. The predicted octanol–water partition coefficient (Wildman–Crippen LogP) is 2.62. The average Bonchev–Trinajstić information content (AvgIpc) is 2.84. The van der Waals surface area contributed by atoms with Gasteiger partial charge in [-0.1, -0.05) is 25.5 Å². The topological polar surface area (TPSA) is 94.8 Å². The maximum absolute atomic E-state index is 16.9. The van der Waals surface area contributed by atoms with Crippen molar-refractivity contribution in [3.63, 3.8) is 0 Å². The number of aliphatic hydroxyl groups excluding tert-OH is 2. The number of hydrogen-bond acceptors (Lipinski definition) is 5. The van der Waals surface area contributed by atoms with Crippen LogP contribution in [0.4, 0.5) is 4.39 Å². The Labute approximate surface area is 178 Å². The van der Waals surface area contributed by atoms with Crippen LogP contribution in [0.1, 0.15) is 46.5 Å². The summed E-state index contributed by atoms with van der Waals surface area (Å²) in [7, 11) is 0. The third-order valence-electron chi connectivity index (χ3n) is 8.81. The van der Waals surface area contributed by atoms with E-state index in [1.165, 1.54) is 12.2 Å². The van der Waals surface area contributed by atoms with Gasteiger partial charge in [0, 0.05) is 16.7 Å². The van der Waals surface area contributed by atoms with E-state index in [1.54, 1.807) is 26.8 Å². The maximum Gasteiger partial charge on any atom is 0.204 e. The number of allylic oxidation sites excluding steroid dienone is 4. The molecule has 0 saturated heterocycles. The van der Waals surface area contributed by atoms with Gasteiger partial charge in [0.25, 0.3) is 0 Å². The molecular weight excluding hydrogens is 443 g/mol. The third-order valence-corrected chi connectivity index (χ3v) is 9.23. The van der Waals surface area contributed by atoms with Crippen LogP contribution in [0.15, 0.2) is 23.8 Å². The fraction of sp³-hybridized carbons (Fsp3) is 0.727. The van der Waals surface area contributed by atoms with Gasteiger partial charge in [0.2, 0.25) is 5.78 Å². The van der Waals surface area contributed by atoms with Crippen LogP contribution in [0.5, 0.6) is 0 Å². The SMILES string of the molecule is C[C@@H]1C[C@H]2[C@@H]3CCC4=CC(=O)C=C[C@]4(C)[C@@]3(F)[C@@H](O)C[C@]2(C)[C@@]1(O)C(=O)C(O)Br. The van der Waals surface area contributed by atoms with Crippen molar-refractivity contribution in [3.8, 4) is 0 Å². The van der Waals surface area contributed by atoms with E-state index < -0.39 is 50.8 Å². The van der Waals surface area contributed by atoms with Crippen LogP contribution in [0.3, 0.4) is 0 Å². The second-order valence-electron chi connectivity index (χ2n) is 9.87. The summed E-state index contributed by atoms with van der Waals surface area (Å²) < 4.78 is 16.9. The van der Waals surface area contributed by atoms with Crippen LogP contribution >= 0.6 is 15.9 Å². The van der Waals surface area contributed by atoms with Crippen molar-refractivity contribution in [1.29, 1.82) is 0 Å². The maximum atomic E-state index is 16.9. The summed E-state index contributed by atoms with van der Waals surface area (Å²) >= 11 is 2.87. The molecule has 0 aromatic rings. The minimum atomic E-state index is -2.00. The molecule has 160 valence electrons. The molecule has 3 saturated carbocycles. The van der Waals surface area contributed by atoms with Crippen molar-refractivity contribution in [2.24, 2.45) is 28.6 Å². The van der Waals surface area contributed by atoms with E-state index in [0.29, 0.717) is 24.8 Å². The summed E-state index contributed by atoms with van der Waals surface area (Å²) in [5.74, 6) is -2.31. The third kappa shape index (κ3) is 2.36. The largest absolute Gasteiger partial charge is 0.390 e. The Morgan fingerprint density at radius 2 is 2.00 bits per heavy atom. The van der Waals surface area contributed by atoms with Crippen LogP contribution in [0.25, 0.3) is 0 Å². The smallest absolute Gasteiger partial charge is 0.204 e. The van der Waals surface area contributed by atoms with Gasteiger partial charge in [-0.15, -0.1) is 0 Å². The van der Waals surface area contributed by atoms with Crippen LogP contribution in [-0.4, -0.2) is 49.3 Å². The minimum absolute atomic E-state index is 0.0956. The van der Waals surface area contributed by atoms with Gasteiger partial charge in [-0.25, -0.2) is 4.39 Å². The standard InChI is InChI=1S/C22H28BrFO5/c1-11-8-15-14-5-4-12-9-13(25)6-7-19(12,2)21(14,24)16(26)10-20(15,3)22(11,29)17(27)18(23)28/h6-7,9,11,14-16,18,26,28-29H,4-5,8,10H2,1-3H3/t11-,14+,15+,16+,18?,19+,20+,21+,22+/m1/s1. The van der Waals surface area contributed by atoms with Gasteiger partial charge in [-0.05, 0) is 72.5 Å². The Hall–Kier alpha value is -0.890. The van der Waals surface area contributed by atoms with Crippen LogP contribution in [0.2, 0.25) is 0 Å². The number of ketones is 2. The van der Waals surface area contributed by atoms with Crippen LogP contribution in [-0.2, 0) is 9.59 Å². The molecule has 1 unspecified atom stereocenters. The Morgan fingerprint density at radius 1 is 1.34 bits per heavy atom. The molecule has 0 radical (unpaired) electrons. The molecule has 29 heavy (non-hydrogen) atoms. The highest BCUT2D eigenvalue weighted by molar-refractivity contribution is 9.09. The summed E-state index contributed by atoms with van der Waals surface area (Å²) in [4.78, 5) is 24.7. The molecule has 0 heterocycles. The molecular formula is C22H28BrFO5. The van der Waals surface area contributed by atoms with E-state index in [-0.39, 0.29) is 18.1 Å². The molecule has 0 spiro atoms. The van der Waals surface area contributed by atoms with Gasteiger partial charge in [-0.3, -0.25) is 9.59 Å². The number of hydrogen-bond donors (Lipinski definition) is 3. The Bertz CT molecular complexity index is 839. The van der Waals surface area contributed by atoms with Gasteiger partial charge in [-0.2, -0.15) is 0 Å². The summed E-state index contributed by atoms with van der Waals surface area (Å²) in [6.45, 7) is 5.22.